The smallest absolute Gasteiger partial charge is 0.134 e. The minimum Gasteiger partial charge on any atom is -0.456 e. The summed E-state index contributed by atoms with van der Waals surface area (Å²) in [6.07, 6.45) is 4.83. The second-order valence-corrected chi connectivity index (χ2v) is 6.33. The molecule has 0 aliphatic rings. The summed E-state index contributed by atoms with van der Waals surface area (Å²) in [5.41, 5.74) is 2.17. The van der Waals surface area contributed by atoms with Gasteiger partial charge in [0.05, 0.1) is 0 Å². The molecule has 0 saturated heterocycles. The molecule has 0 amide bonds. The lowest BCUT2D eigenvalue weighted by atomic mass is 10.1. The lowest BCUT2D eigenvalue weighted by Gasteiger charge is -2.15. The van der Waals surface area contributed by atoms with Crippen molar-refractivity contribution in [2.75, 3.05) is 20.1 Å². The van der Waals surface area contributed by atoms with E-state index >= 15 is 0 Å². The molecule has 0 N–H and O–H groups in total. The molecule has 21 heavy (non-hydrogen) atoms. The second kappa shape index (κ2) is 7.46. The zero-order chi connectivity index (χ0) is 15.2. The molecule has 0 aliphatic carbocycles. The summed E-state index contributed by atoms with van der Waals surface area (Å²) in [5, 5.41) is 1.17. The fraction of sp³-hybridized carbons (Fsp3) is 0.474. The number of furan rings is 1. The summed E-state index contributed by atoms with van der Waals surface area (Å²) in [6.45, 7) is 8.82. The largest absolute Gasteiger partial charge is 0.456 e. The van der Waals surface area contributed by atoms with E-state index in [0.717, 1.165) is 30.4 Å². The van der Waals surface area contributed by atoms with Gasteiger partial charge in [0.25, 0.3) is 0 Å². The molecule has 0 spiro atoms. The molecule has 2 heteroatoms. The normalized spacial score (nSPS) is 12.8. The third-order valence-corrected chi connectivity index (χ3v) is 3.84. The van der Waals surface area contributed by atoms with Gasteiger partial charge in [-0.1, -0.05) is 38.1 Å². The molecule has 0 bridgehead atoms. The monoisotopic (exact) mass is 285 g/mol. The van der Waals surface area contributed by atoms with Crippen LogP contribution in [0.1, 0.15) is 39.4 Å². The molecule has 0 aliphatic heterocycles. The van der Waals surface area contributed by atoms with Crippen molar-refractivity contribution >= 4 is 16.5 Å². The number of allylic oxidation sites excluding steroid dienone is 1. The van der Waals surface area contributed by atoms with Gasteiger partial charge in [-0.2, -0.15) is 0 Å². The average molecular weight is 285 g/mol. The minimum atomic E-state index is 0.797. The molecule has 2 aromatic rings. The highest BCUT2D eigenvalue weighted by molar-refractivity contribution is 5.81. The Hall–Kier alpha value is -1.54. The van der Waals surface area contributed by atoms with Gasteiger partial charge in [-0.3, -0.25) is 0 Å². The molecular formula is C19H27NO. The maximum Gasteiger partial charge on any atom is 0.134 e. The molecule has 0 radical (unpaired) electrons. The van der Waals surface area contributed by atoms with Crippen LogP contribution < -0.4 is 0 Å². The standard InChI is InChI=1S/C19H27NO/c1-15(2)8-7-12-20(4)13-11-16(3)19-14-17-9-5-6-10-18(17)21-19/h5-6,9-11,14-15H,7-8,12-13H2,1-4H3/b16-11+. The molecule has 1 heterocycles. The third kappa shape index (κ3) is 4.75. The number of rotatable bonds is 7. The van der Waals surface area contributed by atoms with Crippen LogP contribution in [-0.4, -0.2) is 25.0 Å². The Morgan fingerprint density at radius 3 is 2.76 bits per heavy atom. The van der Waals surface area contributed by atoms with Gasteiger partial charge >= 0.3 is 0 Å². The molecule has 2 nitrogen and oxygen atoms in total. The van der Waals surface area contributed by atoms with Gasteiger partial charge in [0.15, 0.2) is 0 Å². The highest BCUT2D eigenvalue weighted by atomic mass is 16.3. The molecule has 2 rings (SSSR count). The summed E-state index contributed by atoms with van der Waals surface area (Å²) in [5.74, 6) is 1.78. The van der Waals surface area contributed by atoms with Crippen molar-refractivity contribution in [1.82, 2.24) is 4.90 Å². The Morgan fingerprint density at radius 1 is 1.29 bits per heavy atom. The van der Waals surface area contributed by atoms with Gasteiger partial charge in [0.2, 0.25) is 0 Å². The fourth-order valence-electron chi connectivity index (χ4n) is 2.43. The average Bonchev–Trinajstić information content (AvgIpc) is 2.88. The van der Waals surface area contributed by atoms with Crippen molar-refractivity contribution in [2.45, 2.75) is 33.6 Å². The van der Waals surface area contributed by atoms with E-state index in [4.69, 9.17) is 4.42 Å². The van der Waals surface area contributed by atoms with Crippen LogP contribution in [0.25, 0.3) is 16.5 Å². The van der Waals surface area contributed by atoms with Crippen molar-refractivity contribution < 1.29 is 4.42 Å². The molecular weight excluding hydrogens is 258 g/mol. The SMILES string of the molecule is C/C(=C\CN(C)CCCC(C)C)c1cc2ccccc2o1. The maximum absolute atomic E-state index is 5.89. The number of likely N-dealkylation sites (N-methyl/N-ethyl adjacent to an activating group) is 1. The Bertz CT molecular complexity index is 561. The number of hydrogen-bond donors (Lipinski definition) is 0. The first-order chi connectivity index (χ1) is 10.1. The van der Waals surface area contributed by atoms with Crippen LogP contribution >= 0.6 is 0 Å². The molecule has 1 aromatic carbocycles. The van der Waals surface area contributed by atoms with Crippen LogP contribution in [0, 0.1) is 5.92 Å². The maximum atomic E-state index is 5.89. The van der Waals surface area contributed by atoms with E-state index in [1.807, 2.05) is 18.2 Å². The number of nitrogens with zero attached hydrogens (tertiary/aromatic N) is 1. The van der Waals surface area contributed by atoms with Gasteiger partial charge in [-0.25, -0.2) is 0 Å². The predicted octanol–water partition coefficient (Wildman–Crippen LogP) is 5.20. The molecule has 0 unspecified atom stereocenters. The van der Waals surface area contributed by atoms with Gasteiger partial charge in [-0.05, 0) is 57.0 Å². The molecule has 0 fully saturated rings. The van der Waals surface area contributed by atoms with Crippen molar-refractivity contribution in [1.29, 1.82) is 0 Å². The van der Waals surface area contributed by atoms with Gasteiger partial charge in [-0.15, -0.1) is 0 Å². The van der Waals surface area contributed by atoms with Gasteiger partial charge < -0.3 is 9.32 Å². The first-order valence-electron chi connectivity index (χ1n) is 7.90. The molecule has 0 atom stereocenters. The zero-order valence-corrected chi connectivity index (χ0v) is 13.7. The van der Waals surface area contributed by atoms with Crippen LogP contribution in [0.2, 0.25) is 0 Å². The molecule has 1 aromatic heterocycles. The summed E-state index contributed by atoms with van der Waals surface area (Å²) in [4.78, 5) is 2.37. The van der Waals surface area contributed by atoms with E-state index in [2.05, 4.69) is 50.9 Å². The van der Waals surface area contributed by atoms with Crippen LogP contribution in [0.3, 0.4) is 0 Å². The summed E-state index contributed by atoms with van der Waals surface area (Å²) >= 11 is 0. The van der Waals surface area contributed by atoms with Crippen LogP contribution in [0.5, 0.6) is 0 Å². The lowest BCUT2D eigenvalue weighted by Crippen LogP contribution is -2.20. The van der Waals surface area contributed by atoms with Gasteiger partial charge in [0.1, 0.15) is 11.3 Å². The summed E-state index contributed by atoms with van der Waals surface area (Å²) < 4.78 is 5.89. The van der Waals surface area contributed by atoms with Crippen molar-refractivity contribution in [3.63, 3.8) is 0 Å². The Kier molecular flexibility index (Phi) is 5.63. The Labute approximate surface area is 128 Å². The summed E-state index contributed by atoms with van der Waals surface area (Å²) in [6, 6.07) is 10.3. The number of benzene rings is 1. The lowest BCUT2D eigenvalue weighted by molar-refractivity contribution is 0.348. The second-order valence-electron chi connectivity index (χ2n) is 6.33. The summed E-state index contributed by atoms with van der Waals surface area (Å²) in [7, 11) is 2.18. The van der Waals surface area contributed by atoms with Crippen LogP contribution in [0.4, 0.5) is 0 Å². The fourth-order valence-corrected chi connectivity index (χ4v) is 2.43. The van der Waals surface area contributed by atoms with Crippen LogP contribution in [0.15, 0.2) is 40.8 Å². The first kappa shape index (κ1) is 15.8. The quantitative estimate of drug-likeness (QED) is 0.695. The molecule has 114 valence electrons. The first-order valence-corrected chi connectivity index (χ1v) is 7.90. The van der Waals surface area contributed by atoms with Crippen molar-refractivity contribution in [3.8, 4) is 0 Å². The van der Waals surface area contributed by atoms with E-state index in [-0.39, 0.29) is 0 Å². The van der Waals surface area contributed by atoms with Crippen LogP contribution in [-0.2, 0) is 0 Å². The van der Waals surface area contributed by atoms with E-state index < -0.39 is 0 Å². The van der Waals surface area contributed by atoms with Crippen molar-refractivity contribution in [2.24, 2.45) is 5.92 Å². The number of para-hydroxylation sites is 1. The minimum absolute atomic E-state index is 0.797. The highest BCUT2D eigenvalue weighted by Gasteiger charge is 2.05. The van der Waals surface area contributed by atoms with E-state index in [1.54, 1.807) is 0 Å². The topological polar surface area (TPSA) is 16.4 Å². The highest BCUT2D eigenvalue weighted by Crippen LogP contribution is 2.24. The Morgan fingerprint density at radius 2 is 2.05 bits per heavy atom. The Balaban J connectivity index is 1.91. The van der Waals surface area contributed by atoms with E-state index in [9.17, 15) is 0 Å². The van der Waals surface area contributed by atoms with Gasteiger partial charge in [0, 0.05) is 11.9 Å². The molecule has 0 saturated carbocycles. The third-order valence-electron chi connectivity index (χ3n) is 3.84. The van der Waals surface area contributed by atoms with Crippen molar-refractivity contribution in [3.05, 3.63) is 42.2 Å². The number of fused-ring (bicyclic) bond motifs is 1. The van der Waals surface area contributed by atoms with E-state index in [0.29, 0.717) is 0 Å². The predicted molar refractivity (Wildman–Crippen MR) is 91.4 cm³/mol. The number of hydrogen-bond acceptors (Lipinski definition) is 2. The van der Waals surface area contributed by atoms with E-state index in [1.165, 1.54) is 23.8 Å². The zero-order valence-electron chi connectivity index (χ0n) is 13.7.